The molecule has 26 heavy (non-hydrogen) atoms. The Kier molecular flexibility index (Phi) is 4.12. The van der Waals surface area contributed by atoms with E-state index in [9.17, 15) is 14.7 Å². The zero-order valence-corrected chi connectivity index (χ0v) is 14.6. The quantitative estimate of drug-likeness (QED) is 0.461. The van der Waals surface area contributed by atoms with Crippen LogP contribution < -0.4 is 0 Å². The van der Waals surface area contributed by atoms with Crippen LogP contribution in [0.1, 0.15) is 19.8 Å². The lowest BCUT2D eigenvalue weighted by Gasteiger charge is -2.28. The Bertz CT molecular complexity index is 760. The molecule has 4 aliphatic rings. The standard InChI is InChI=1S/C20H22O6/c1-9-4-5-13-10(2)6-14(25-20(23)12-7-15(21)24-8-12)17-11(3)19(22)26-18(17)16(9)13/h4,7,13-18,21H,2-3,5-6,8H2,1H3/t13-,14+,15-,16-,17+,18+/m0/s1. The molecule has 1 N–H and O–H groups in total. The average molecular weight is 358 g/mol. The third kappa shape index (κ3) is 2.64. The highest BCUT2D eigenvalue weighted by Crippen LogP contribution is 2.51. The van der Waals surface area contributed by atoms with Crippen molar-refractivity contribution < 1.29 is 28.9 Å². The van der Waals surface area contributed by atoms with Crippen LogP contribution in [-0.4, -0.2) is 42.1 Å². The number of hydrogen-bond donors (Lipinski definition) is 1. The van der Waals surface area contributed by atoms with Gasteiger partial charge < -0.3 is 19.3 Å². The Labute approximate surface area is 151 Å². The molecule has 4 rings (SSSR count). The van der Waals surface area contributed by atoms with Crippen molar-refractivity contribution in [2.24, 2.45) is 17.8 Å². The van der Waals surface area contributed by atoms with Crippen LogP contribution in [0.3, 0.4) is 0 Å². The van der Waals surface area contributed by atoms with Gasteiger partial charge in [0.05, 0.1) is 18.1 Å². The second-order valence-electron chi connectivity index (χ2n) is 7.44. The first-order chi connectivity index (χ1) is 12.4. The molecule has 0 amide bonds. The molecule has 0 aromatic heterocycles. The minimum absolute atomic E-state index is 0.00519. The zero-order chi connectivity index (χ0) is 18.6. The van der Waals surface area contributed by atoms with Crippen molar-refractivity contribution in [1.82, 2.24) is 0 Å². The van der Waals surface area contributed by atoms with E-state index in [2.05, 4.69) is 19.2 Å². The van der Waals surface area contributed by atoms with Gasteiger partial charge in [-0.15, -0.1) is 0 Å². The fourth-order valence-electron chi connectivity index (χ4n) is 4.60. The maximum absolute atomic E-state index is 12.5. The number of carbonyl (C=O) groups is 2. The van der Waals surface area contributed by atoms with Gasteiger partial charge in [0.25, 0.3) is 0 Å². The summed E-state index contributed by atoms with van der Waals surface area (Å²) < 4.78 is 16.4. The monoisotopic (exact) mass is 358 g/mol. The third-order valence-electron chi connectivity index (χ3n) is 5.93. The molecule has 0 aromatic carbocycles. The Balaban J connectivity index is 1.64. The fraction of sp³-hybridized carbons (Fsp3) is 0.500. The molecule has 6 nitrogen and oxygen atoms in total. The van der Waals surface area contributed by atoms with Crippen molar-refractivity contribution in [2.75, 3.05) is 6.61 Å². The molecule has 0 spiro atoms. The number of esters is 2. The molecule has 0 radical (unpaired) electrons. The number of allylic oxidation sites excluding steroid dienone is 1. The van der Waals surface area contributed by atoms with E-state index in [0.29, 0.717) is 12.0 Å². The highest BCUT2D eigenvalue weighted by atomic mass is 16.6. The molecule has 1 saturated carbocycles. The zero-order valence-electron chi connectivity index (χ0n) is 14.6. The second-order valence-corrected chi connectivity index (χ2v) is 7.44. The number of carbonyl (C=O) groups excluding carboxylic acids is 2. The topological polar surface area (TPSA) is 82.1 Å². The first kappa shape index (κ1) is 17.2. The van der Waals surface area contributed by atoms with Gasteiger partial charge in [-0.2, -0.15) is 0 Å². The largest absolute Gasteiger partial charge is 0.458 e. The van der Waals surface area contributed by atoms with E-state index < -0.39 is 36.4 Å². The summed E-state index contributed by atoms with van der Waals surface area (Å²) >= 11 is 0. The van der Waals surface area contributed by atoms with Crippen LogP contribution in [0.15, 0.2) is 47.6 Å². The molecule has 2 aliphatic carbocycles. The SMILES string of the molecule is C=C1C(=O)O[C@@H]2[C@H]3C(C)=CC[C@H]3C(=C)C[C@@H](OC(=O)C3=C[C@@H](O)OC3)[C@@H]12. The van der Waals surface area contributed by atoms with Crippen molar-refractivity contribution in [3.8, 4) is 0 Å². The Morgan fingerprint density at radius 1 is 1.35 bits per heavy atom. The third-order valence-corrected chi connectivity index (χ3v) is 5.93. The number of rotatable bonds is 2. The molecule has 0 bridgehead atoms. The predicted molar refractivity (Wildman–Crippen MR) is 91.5 cm³/mol. The molecular weight excluding hydrogens is 336 g/mol. The van der Waals surface area contributed by atoms with Crippen LogP contribution in [0.4, 0.5) is 0 Å². The Morgan fingerprint density at radius 3 is 2.81 bits per heavy atom. The number of aliphatic hydroxyl groups is 1. The molecule has 0 aromatic rings. The van der Waals surface area contributed by atoms with Crippen LogP contribution in [0.2, 0.25) is 0 Å². The van der Waals surface area contributed by atoms with E-state index in [1.54, 1.807) is 0 Å². The minimum Gasteiger partial charge on any atom is -0.458 e. The molecule has 6 heteroatoms. The van der Waals surface area contributed by atoms with Gasteiger partial charge in [0.1, 0.15) is 12.2 Å². The van der Waals surface area contributed by atoms with E-state index >= 15 is 0 Å². The van der Waals surface area contributed by atoms with Crippen molar-refractivity contribution in [3.63, 3.8) is 0 Å². The Morgan fingerprint density at radius 2 is 2.12 bits per heavy atom. The molecular formula is C20H22O6. The highest BCUT2D eigenvalue weighted by molar-refractivity contribution is 5.92. The van der Waals surface area contributed by atoms with Crippen LogP contribution in [0.5, 0.6) is 0 Å². The molecule has 2 aliphatic heterocycles. The van der Waals surface area contributed by atoms with E-state index in [1.165, 1.54) is 11.6 Å². The minimum atomic E-state index is -1.09. The van der Waals surface area contributed by atoms with Crippen LogP contribution in [-0.2, 0) is 23.8 Å². The number of hydrogen-bond acceptors (Lipinski definition) is 6. The summed E-state index contributed by atoms with van der Waals surface area (Å²) in [5.41, 5.74) is 2.79. The molecule has 0 unspecified atom stereocenters. The van der Waals surface area contributed by atoms with E-state index in [0.717, 1.165) is 12.0 Å². The van der Waals surface area contributed by atoms with Gasteiger partial charge in [-0.3, -0.25) is 0 Å². The number of aliphatic hydroxyl groups excluding tert-OH is 1. The molecule has 138 valence electrons. The fourth-order valence-corrected chi connectivity index (χ4v) is 4.60. The van der Waals surface area contributed by atoms with Crippen LogP contribution in [0, 0.1) is 17.8 Å². The second kappa shape index (κ2) is 6.21. The summed E-state index contributed by atoms with van der Waals surface area (Å²) in [5, 5.41) is 9.40. The van der Waals surface area contributed by atoms with E-state index in [-0.39, 0.29) is 24.0 Å². The van der Waals surface area contributed by atoms with Gasteiger partial charge in [0.2, 0.25) is 0 Å². The maximum atomic E-state index is 12.5. The molecule has 1 saturated heterocycles. The lowest BCUT2D eigenvalue weighted by molar-refractivity contribution is -0.148. The van der Waals surface area contributed by atoms with Gasteiger partial charge in [-0.1, -0.05) is 30.4 Å². The smallest absolute Gasteiger partial charge is 0.336 e. The maximum Gasteiger partial charge on any atom is 0.336 e. The van der Waals surface area contributed by atoms with Gasteiger partial charge in [-0.05, 0) is 25.3 Å². The van der Waals surface area contributed by atoms with Crippen molar-refractivity contribution in [3.05, 3.63) is 47.6 Å². The summed E-state index contributed by atoms with van der Waals surface area (Å²) in [5.74, 6) is -1.14. The number of fused-ring (bicyclic) bond motifs is 3. The van der Waals surface area contributed by atoms with Gasteiger partial charge >= 0.3 is 11.9 Å². The number of ether oxygens (including phenoxy) is 3. The first-order valence-electron chi connectivity index (χ1n) is 8.82. The summed E-state index contributed by atoms with van der Waals surface area (Å²) in [7, 11) is 0. The molecule has 6 atom stereocenters. The van der Waals surface area contributed by atoms with Crippen molar-refractivity contribution in [1.29, 1.82) is 0 Å². The lowest BCUT2D eigenvalue weighted by atomic mass is 9.80. The summed E-state index contributed by atoms with van der Waals surface area (Å²) in [6, 6.07) is 0. The Hall–Kier alpha value is -2.18. The van der Waals surface area contributed by atoms with Gasteiger partial charge in [0.15, 0.2) is 6.29 Å². The van der Waals surface area contributed by atoms with Crippen molar-refractivity contribution in [2.45, 2.75) is 38.3 Å². The lowest BCUT2D eigenvalue weighted by Crippen LogP contribution is -2.36. The van der Waals surface area contributed by atoms with Gasteiger partial charge in [0, 0.05) is 17.9 Å². The average Bonchev–Trinajstić information content (AvgIpc) is 3.23. The van der Waals surface area contributed by atoms with Crippen LogP contribution >= 0.6 is 0 Å². The van der Waals surface area contributed by atoms with Crippen LogP contribution in [0.25, 0.3) is 0 Å². The highest BCUT2D eigenvalue weighted by Gasteiger charge is 2.54. The summed E-state index contributed by atoms with van der Waals surface area (Å²) in [6.07, 6.45) is 2.76. The summed E-state index contributed by atoms with van der Waals surface area (Å²) in [4.78, 5) is 24.7. The summed E-state index contributed by atoms with van der Waals surface area (Å²) in [6.45, 7) is 10.2. The molecule has 2 fully saturated rings. The molecule has 2 heterocycles. The van der Waals surface area contributed by atoms with Gasteiger partial charge in [-0.25, -0.2) is 9.59 Å². The predicted octanol–water partition coefficient (Wildman–Crippen LogP) is 1.81. The first-order valence-corrected chi connectivity index (χ1v) is 8.82. The van der Waals surface area contributed by atoms with E-state index in [1.807, 2.05) is 6.92 Å². The van der Waals surface area contributed by atoms with E-state index in [4.69, 9.17) is 14.2 Å². The normalized spacial score (nSPS) is 38.9. The van der Waals surface area contributed by atoms with Crippen molar-refractivity contribution >= 4 is 11.9 Å².